The van der Waals surface area contributed by atoms with Gasteiger partial charge in [0.05, 0.1) is 29.6 Å². The fourth-order valence-electron chi connectivity index (χ4n) is 2.66. The third-order valence-corrected chi connectivity index (χ3v) is 4.88. The molecule has 0 aliphatic heterocycles. The molecule has 0 fully saturated rings. The van der Waals surface area contributed by atoms with Gasteiger partial charge in [0.15, 0.2) is 0 Å². The summed E-state index contributed by atoms with van der Waals surface area (Å²) in [6, 6.07) is 8.79. The number of hydrogen-bond donors (Lipinski definition) is 0. The van der Waals surface area contributed by atoms with Crippen LogP contribution in [0.2, 0.25) is 0 Å². The van der Waals surface area contributed by atoms with Crippen molar-refractivity contribution in [3.63, 3.8) is 0 Å². The minimum absolute atomic E-state index is 0.120. The highest BCUT2D eigenvalue weighted by atomic mass is 32.2. The first-order valence-corrected chi connectivity index (χ1v) is 10.0. The summed E-state index contributed by atoms with van der Waals surface area (Å²) in [6.07, 6.45) is 5.02. The first-order valence-electron chi connectivity index (χ1n) is 8.18. The predicted octanol–water partition coefficient (Wildman–Crippen LogP) is 2.93. The number of carbonyl (C=O) groups excluding carboxylic acids is 2. The van der Waals surface area contributed by atoms with Crippen LogP contribution in [-0.2, 0) is 24.3 Å². The van der Waals surface area contributed by atoms with E-state index in [9.17, 15) is 18.0 Å². The van der Waals surface area contributed by atoms with Crippen LogP contribution < -0.4 is 0 Å². The van der Waals surface area contributed by atoms with Crippen LogP contribution in [0.5, 0.6) is 0 Å². The summed E-state index contributed by atoms with van der Waals surface area (Å²) in [5.41, 5.74) is 1.34. The zero-order valence-electron chi connectivity index (χ0n) is 14.9. The largest absolute Gasteiger partial charge is 0.462 e. The fourth-order valence-corrected chi connectivity index (χ4v) is 3.68. The van der Waals surface area contributed by atoms with Crippen LogP contribution >= 0.6 is 0 Å². The second kappa shape index (κ2) is 8.14. The summed E-state index contributed by atoms with van der Waals surface area (Å²) in [7, 11) is -3.56. The first-order chi connectivity index (χ1) is 12.3. The molecule has 0 amide bonds. The third kappa shape index (κ3) is 4.11. The lowest BCUT2D eigenvalue weighted by molar-refractivity contribution is -0.138. The molecule has 2 rings (SSSR count). The number of allylic oxidation sites excluding steroid dienone is 1. The Labute approximate surface area is 152 Å². The highest BCUT2D eigenvalue weighted by molar-refractivity contribution is 7.89. The molecule has 1 aromatic carbocycles. The third-order valence-electron chi connectivity index (χ3n) is 3.81. The minimum Gasteiger partial charge on any atom is -0.462 e. The SMILES string of the molecule is CCOC(=O)C(/C=C/c1cc2ccccc2n1S(C)(=O)=O)=C(/C=O)CC. The molecule has 0 N–H and O–H groups in total. The van der Waals surface area contributed by atoms with Crippen molar-refractivity contribution < 1.29 is 22.7 Å². The number of para-hydroxylation sites is 1. The predicted molar refractivity (Wildman–Crippen MR) is 101 cm³/mol. The lowest BCUT2D eigenvalue weighted by Crippen LogP contribution is -2.12. The molecule has 1 aromatic heterocycles. The van der Waals surface area contributed by atoms with E-state index in [-0.39, 0.29) is 12.2 Å². The summed E-state index contributed by atoms with van der Waals surface area (Å²) in [5.74, 6) is -0.616. The van der Waals surface area contributed by atoms with Crippen molar-refractivity contribution in [3.8, 4) is 0 Å². The molecule has 0 aliphatic carbocycles. The molecule has 1 heterocycles. The van der Waals surface area contributed by atoms with Gasteiger partial charge in [-0.1, -0.05) is 25.1 Å². The molecule has 7 heteroatoms. The topological polar surface area (TPSA) is 82.4 Å². The summed E-state index contributed by atoms with van der Waals surface area (Å²) < 4.78 is 30.7. The van der Waals surface area contributed by atoms with Crippen molar-refractivity contribution >= 4 is 39.3 Å². The van der Waals surface area contributed by atoms with Crippen molar-refractivity contribution in [2.45, 2.75) is 20.3 Å². The Morgan fingerprint density at radius 3 is 2.50 bits per heavy atom. The summed E-state index contributed by atoms with van der Waals surface area (Å²) in [4.78, 5) is 23.4. The van der Waals surface area contributed by atoms with Gasteiger partial charge in [0.2, 0.25) is 10.0 Å². The number of esters is 1. The zero-order chi connectivity index (χ0) is 19.3. The molecule has 138 valence electrons. The van der Waals surface area contributed by atoms with Crippen LogP contribution in [0.1, 0.15) is 26.0 Å². The van der Waals surface area contributed by atoms with E-state index in [1.807, 2.05) is 6.07 Å². The van der Waals surface area contributed by atoms with Crippen molar-refractivity contribution in [1.82, 2.24) is 3.97 Å². The average molecular weight is 375 g/mol. The number of nitrogens with zero attached hydrogens (tertiary/aromatic N) is 1. The molecule has 2 aromatic rings. The molecule has 0 radical (unpaired) electrons. The molecule has 0 aliphatic rings. The van der Waals surface area contributed by atoms with Gasteiger partial charge >= 0.3 is 5.97 Å². The molecule has 0 bridgehead atoms. The van der Waals surface area contributed by atoms with Crippen LogP contribution in [0, 0.1) is 0 Å². The van der Waals surface area contributed by atoms with Gasteiger partial charge in [-0.15, -0.1) is 0 Å². The number of aromatic nitrogens is 1. The molecular formula is C19H21NO5S. The van der Waals surface area contributed by atoms with Gasteiger partial charge in [0.1, 0.15) is 6.29 Å². The van der Waals surface area contributed by atoms with Crippen molar-refractivity contribution in [2.75, 3.05) is 12.9 Å². The summed E-state index contributed by atoms with van der Waals surface area (Å²) >= 11 is 0. The molecule has 26 heavy (non-hydrogen) atoms. The Morgan fingerprint density at radius 1 is 1.23 bits per heavy atom. The Kier molecular flexibility index (Phi) is 6.15. The van der Waals surface area contributed by atoms with Gasteiger partial charge in [0.25, 0.3) is 0 Å². The van der Waals surface area contributed by atoms with Crippen LogP contribution in [0.3, 0.4) is 0 Å². The van der Waals surface area contributed by atoms with Gasteiger partial charge in [-0.2, -0.15) is 0 Å². The highest BCUT2D eigenvalue weighted by Gasteiger charge is 2.16. The first kappa shape index (κ1) is 19.7. The second-order valence-corrected chi connectivity index (χ2v) is 7.45. The Bertz CT molecular complexity index is 996. The van der Waals surface area contributed by atoms with Gasteiger partial charge in [-0.3, -0.25) is 4.79 Å². The van der Waals surface area contributed by atoms with Crippen molar-refractivity contribution in [3.05, 3.63) is 53.2 Å². The van der Waals surface area contributed by atoms with E-state index in [1.165, 1.54) is 16.1 Å². The van der Waals surface area contributed by atoms with E-state index in [1.54, 1.807) is 38.1 Å². The Morgan fingerprint density at radius 2 is 1.92 bits per heavy atom. The molecule has 6 nitrogen and oxygen atoms in total. The second-order valence-electron chi connectivity index (χ2n) is 5.62. The van der Waals surface area contributed by atoms with Crippen LogP contribution in [0.4, 0.5) is 0 Å². The number of rotatable bonds is 7. The highest BCUT2D eigenvalue weighted by Crippen LogP contribution is 2.23. The Hall–Kier alpha value is -2.67. The molecule has 0 atom stereocenters. The molecule has 0 unspecified atom stereocenters. The van der Waals surface area contributed by atoms with Gasteiger partial charge in [-0.05, 0) is 37.6 Å². The van der Waals surface area contributed by atoms with E-state index >= 15 is 0 Å². The lowest BCUT2D eigenvalue weighted by atomic mass is 10.1. The standard InChI is InChI=1S/C19H21NO5S/c1-4-14(13-21)17(19(22)25-5-2)11-10-16-12-15-8-6-7-9-18(15)20(16)26(3,23)24/h6-13H,4-5H2,1-3H3/b11-10+,17-14+. The van der Waals surface area contributed by atoms with Crippen LogP contribution in [0.15, 0.2) is 47.6 Å². The Balaban J connectivity index is 2.63. The summed E-state index contributed by atoms with van der Waals surface area (Å²) in [5, 5.41) is 0.755. The number of ether oxygens (including phenoxy) is 1. The maximum Gasteiger partial charge on any atom is 0.338 e. The van der Waals surface area contributed by atoms with Crippen LogP contribution in [0.25, 0.3) is 17.0 Å². The maximum absolute atomic E-state index is 12.2. The van der Waals surface area contributed by atoms with Crippen molar-refractivity contribution in [1.29, 1.82) is 0 Å². The number of hydrogen-bond acceptors (Lipinski definition) is 5. The number of carbonyl (C=O) groups is 2. The normalized spacial score (nSPS) is 13.0. The van der Waals surface area contributed by atoms with E-state index in [0.717, 1.165) is 11.6 Å². The molecule has 0 saturated heterocycles. The van der Waals surface area contributed by atoms with E-state index in [0.29, 0.717) is 29.5 Å². The molecule has 0 spiro atoms. The van der Waals surface area contributed by atoms with Crippen molar-refractivity contribution in [2.24, 2.45) is 0 Å². The number of fused-ring (bicyclic) bond motifs is 1. The van der Waals surface area contributed by atoms with Gasteiger partial charge in [0, 0.05) is 11.0 Å². The van der Waals surface area contributed by atoms with E-state index in [4.69, 9.17) is 4.74 Å². The minimum atomic E-state index is -3.56. The monoisotopic (exact) mass is 375 g/mol. The van der Waals surface area contributed by atoms with Gasteiger partial charge < -0.3 is 4.74 Å². The number of aldehydes is 1. The maximum atomic E-state index is 12.2. The quantitative estimate of drug-likeness (QED) is 0.322. The smallest absolute Gasteiger partial charge is 0.338 e. The molecule has 0 saturated carbocycles. The average Bonchev–Trinajstić information content (AvgIpc) is 2.97. The fraction of sp³-hybridized carbons (Fsp3) is 0.263. The van der Waals surface area contributed by atoms with E-state index in [2.05, 4.69) is 0 Å². The number of benzene rings is 1. The van der Waals surface area contributed by atoms with Gasteiger partial charge in [-0.25, -0.2) is 17.2 Å². The lowest BCUT2D eigenvalue weighted by Gasteiger charge is -2.07. The summed E-state index contributed by atoms with van der Waals surface area (Å²) in [6.45, 7) is 3.60. The van der Waals surface area contributed by atoms with E-state index < -0.39 is 16.0 Å². The van der Waals surface area contributed by atoms with Crippen LogP contribution in [-0.4, -0.2) is 37.5 Å². The molecular weight excluding hydrogens is 354 g/mol. The zero-order valence-corrected chi connectivity index (χ0v) is 15.7.